The standard InChI is InChI=1S/C17H33N3/c1-2-18-12-7-16(8-13-18)14-19-9-5-11-20-10-4-3-6-17(20)15-19/h16-17H,2-15H2,1H3. The summed E-state index contributed by atoms with van der Waals surface area (Å²) in [6, 6.07) is 0.877. The summed E-state index contributed by atoms with van der Waals surface area (Å²) in [6.45, 7) is 13.0. The second kappa shape index (κ2) is 7.24. The molecule has 0 aromatic heterocycles. The average Bonchev–Trinajstić information content (AvgIpc) is 2.69. The van der Waals surface area contributed by atoms with Crippen LogP contribution in [0.4, 0.5) is 0 Å². The van der Waals surface area contributed by atoms with Crippen LogP contribution in [-0.2, 0) is 0 Å². The summed E-state index contributed by atoms with van der Waals surface area (Å²) < 4.78 is 0. The van der Waals surface area contributed by atoms with Crippen LogP contribution in [0, 0.1) is 5.92 Å². The van der Waals surface area contributed by atoms with Gasteiger partial charge in [0.2, 0.25) is 0 Å². The summed E-state index contributed by atoms with van der Waals surface area (Å²) >= 11 is 0. The first-order valence-corrected chi connectivity index (χ1v) is 9.04. The summed E-state index contributed by atoms with van der Waals surface area (Å²) in [7, 11) is 0. The Morgan fingerprint density at radius 1 is 0.800 bits per heavy atom. The molecule has 0 radical (unpaired) electrons. The largest absolute Gasteiger partial charge is 0.304 e. The summed E-state index contributed by atoms with van der Waals surface area (Å²) in [5, 5.41) is 0. The van der Waals surface area contributed by atoms with Crippen LogP contribution in [0.5, 0.6) is 0 Å². The topological polar surface area (TPSA) is 9.72 Å². The molecule has 0 spiro atoms. The molecule has 0 aliphatic carbocycles. The normalized spacial score (nSPS) is 31.9. The fourth-order valence-electron chi connectivity index (χ4n) is 4.46. The predicted molar refractivity (Wildman–Crippen MR) is 85.1 cm³/mol. The van der Waals surface area contributed by atoms with Gasteiger partial charge < -0.3 is 9.80 Å². The molecule has 0 saturated carbocycles. The van der Waals surface area contributed by atoms with E-state index in [9.17, 15) is 0 Å². The number of piperidine rings is 2. The van der Waals surface area contributed by atoms with Gasteiger partial charge in [0, 0.05) is 19.1 Å². The van der Waals surface area contributed by atoms with Crippen LogP contribution in [0.2, 0.25) is 0 Å². The highest BCUT2D eigenvalue weighted by Gasteiger charge is 2.28. The molecular formula is C17H33N3. The highest BCUT2D eigenvalue weighted by Crippen LogP contribution is 2.23. The first-order chi connectivity index (χ1) is 9.85. The smallest absolute Gasteiger partial charge is 0.0223 e. The summed E-state index contributed by atoms with van der Waals surface area (Å²) in [5.41, 5.74) is 0. The fourth-order valence-corrected chi connectivity index (χ4v) is 4.46. The van der Waals surface area contributed by atoms with Crippen molar-refractivity contribution in [2.45, 2.75) is 51.5 Å². The lowest BCUT2D eigenvalue weighted by Gasteiger charge is -2.37. The minimum Gasteiger partial charge on any atom is -0.304 e. The number of nitrogens with zero attached hydrogens (tertiary/aromatic N) is 3. The first kappa shape index (κ1) is 14.8. The molecule has 3 rings (SSSR count). The molecular weight excluding hydrogens is 246 g/mol. The minimum atomic E-state index is 0.877. The van der Waals surface area contributed by atoms with Crippen molar-refractivity contribution in [2.75, 3.05) is 52.4 Å². The third-order valence-electron chi connectivity index (χ3n) is 5.81. The summed E-state index contributed by atoms with van der Waals surface area (Å²) in [5.74, 6) is 0.966. The predicted octanol–water partition coefficient (Wildman–Crippen LogP) is 2.28. The maximum atomic E-state index is 2.81. The molecule has 3 heterocycles. The van der Waals surface area contributed by atoms with Gasteiger partial charge in [0.15, 0.2) is 0 Å². The molecule has 1 unspecified atom stereocenters. The molecule has 1 atom stereocenters. The Hall–Kier alpha value is -0.120. The first-order valence-electron chi connectivity index (χ1n) is 9.04. The molecule has 20 heavy (non-hydrogen) atoms. The molecule has 0 N–H and O–H groups in total. The van der Waals surface area contributed by atoms with Gasteiger partial charge in [-0.2, -0.15) is 0 Å². The van der Waals surface area contributed by atoms with E-state index in [1.165, 1.54) is 90.9 Å². The van der Waals surface area contributed by atoms with Gasteiger partial charge in [-0.3, -0.25) is 4.90 Å². The van der Waals surface area contributed by atoms with Crippen molar-refractivity contribution in [3.63, 3.8) is 0 Å². The Labute approximate surface area is 125 Å². The van der Waals surface area contributed by atoms with E-state index in [4.69, 9.17) is 0 Å². The quantitative estimate of drug-likeness (QED) is 0.785. The van der Waals surface area contributed by atoms with Crippen LogP contribution < -0.4 is 0 Å². The fraction of sp³-hybridized carbons (Fsp3) is 1.00. The molecule has 3 saturated heterocycles. The Bertz CT molecular complexity index is 286. The van der Waals surface area contributed by atoms with Gasteiger partial charge in [-0.15, -0.1) is 0 Å². The molecule has 3 heteroatoms. The van der Waals surface area contributed by atoms with Crippen LogP contribution in [0.25, 0.3) is 0 Å². The van der Waals surface area contributed by atoms with Crippen LogP contribution in [-0.4, -0.2) is 73.1 Å². The van der Waals surface area contributed by atoms with Gasteiger partial charge in [0.05, 0.1) is 0 Å². The van der Waals surface area contributed by atoms with Gasteiger partial charge in [-0.25, -0.2) is 0 Å². The Kier molecular flexibility index (Phi) is 5.36. The second-order valence-corrected chi connectivity index (χ2v) is 7.18. The van der Waals surface area contributed by atoms with E-state index in [0.717, 1.165) is 12.0 Å². The number of hydrogen-bond donors (Lipinski definition) is 0. The maximum absolute atomic E-state index is 2.81. The van der Waals surface area contributed by atoms with E-state index in [2.05, 4.69) is 21.6 Å². The van der Waals surface area contributed by atoms with E-state index in [1.54, 1.807) is 0 Å². The van der Waals surface area contributed by atoms with Crippen molar-refractivity contribution in [2.24, 2.45) is 5.92 Å². The molecule has 3 fully saturated rings. The summed E-state index contributed by atoms with van der Waals surface area (Å²) in [4.78, 5) is 8.20. The van der Waals surface area contributed by atoms with Gasteiger partial charge in [-0.1, -0.05) is 13.3 Å². The van der Waals surface area contributed by atoms with Crippen LogP contribution >= 0.6 is 0 Å². The Morgan fingerprint density at radius 3 is 2.40 bits per heavy atom. The highest BCUT2D eigenvalue weighted by atomic mass is 15.2. The van der Waals surface area contributed by atoms with Gasteiger partial charge in [-0.05, 0) is 77.3 Å². The van der Waals surface area contributed by atoms with E-state index in [0.29, 0.717) is 0 Å². The number of rotatable bonds is 3. The maximum Gasteiger partial charge on any atom is 0.0223 e. The van der Waals surface area contributed by atoms with Gasteiger partial charge >= 0.3 is 0 Å². The van der Waals surface area contributed by atoms with Crippen molar-refractivity contribution in [3.8, 4) is 0 Å². The van der Waals surface area contributed by atoms with Crippen LogP contribution in [0.15, 0.2) is 0 Å². The SMILES string of the molecule is CCN1CCC(CN2CCCN3CCCCC3C2)CC1. The second-order valence-electron chi connectivity index (χ2n) is 7.18. The monoisotopic (exact) mass is 279 g/mol. The van der Waals surface area contributed by atoms with Crippen molar-refractivity contribution in [1.82, 2.24) is 14.7 Å². The van der Waals surface area contributed by atoms with Gasteiger partial charge in [0.1, 0.15) is 0 Å². The lowest BCUT2D eigenvalue weighted by Crippen LogP contribution is -2.45. The van der Waals surface area contributed by atoms with Crippen molar-refractivity contribution < 1.29 is 0 Å². The third-order valence-corrected chi connectivity index (χ3v) is 5.81. The molecule has 3 nitrogen and oxygen atoms in total. The average molecular weight is 279 g/mol. The molecule has 116 valence electrons. The number of fused-ring (bicyclic) bond motifs is 1. The van der Waals surface area contributed by atoms with Crippen molar-refractivity contribution >= 4 is 0 Å². The zero-order chi connectivity index (χ0) is 13.8. The zero-order valence-corrected chi connectivity index (χ0v) is 13.4. The Morgan fingerprint density at radius 2 is 1.60 bits per heavy atom. The van der Waals surface area contributed by atoms with Crippen LogP contribution in [0.1, 0.15) is 45.4 Å². The number of likely N-dealkylation sites (tertiary alicyclic amines) is 1. The molecule has 3 aliphatic rings. The lowest BCUT2D eigenvalue weighted by atomic mass is 9.95. The Balaban J connectivity index is 1.47. The molecule has 3 aliphatic heterocycles. The van der Waals surface area contributed by atoms with E-state index in [-0.39, 0.29) is 0 Å². The number of hydrogen-bond acceptors (Lipinski definition) is 3. The minimum absolute atomic E-state index is 0.877. The van der Waals surface area contributed by atoms with Crippen LogP contribution in [0.3, 0.4) is 0 Å². The molecule has 0 amide bonds. The van der Waals surface area contributed by atoms with E-state index >= 15 is 0 Å². The molecule has 0 aromatic carbocycles. The molecule has 0 bridgehead atoms. The molecule has 0 aromatic rings. The van der Waals surface area contributed by atoms with Crippen molar-refractivity contribution in [1.29, 1.82) is 0 Å². The highest BCUT2D eigenvalue weighted by molar-refractivity contribution is 4.84. The van der Waals surface area contributed by atoms with Gasteiger partial charge in [0.25, 0.3) is 0 Å². The van der Waals surface area contributed by atoms with E-state index < -0.39 is 0 Å². The zero-order valence-electron chi connectivity index (χ0n) is 13.4. The van der Waals surface area contributed by atoms with Crippen molar-refractivity contribution in [3.05, 3.63) is 0 Å². The lowest BCUT2D eigenvalue weighted by molar-refractivity contribution is 0.115. The third kappa shape index (κ3) is 3.75. The van der Waals surface area contributed by atoms with E-state index in [1.807, 2.05) is 0 Å². The summed E-state index contributed by atoms with van der Waals surface area (Å²) in [6.07, 6.45) is 8.60.